The number of pyridine rings is 1. The van der Waals surface area contributed by atoms with Gasteiger partial charge in [0, 0.05) is 13.1 Å². The van der Waals surface area contributed by atoms with Crippen molar-refractivity contribution in [2.75, 3.05) is 11.9 Å². The summed E-state index contributed by atoms with van der Waals surface area (Å²) >= 11 is 0. The van der Waals surface area contributed by atoms with Gasteiger partial charge in [-0.2, -0.15) is 0 Å². The number of hydrogen-bond donors (Lipinski definition) is 2. The fourth-order valence-corrected chi connectivity index (χ4v) is 2.11. The van der Waals surface area contributed by atoms with Gasteiger partial charge in [0.1, 0.15) is 5.69 Å². The molecule has 0 spiro atoms. The van der Waals surface area contributed by atoms with Crippen LogP contribution in [0.5, 0.6) is 0 Å². The summed E-state index contributed by atoms with van der Waals surface area (Å²) < 4.78 is 0. The highest BCUT2D eigenvalue weighted by Crippen LogP contribution is 2.07. The summed E-state index contributed by atoms with van der Waals surface area (Å²) in [4.78, 5) is 16.2. The van der Waals surface area contributed by atoms with Crippen LogP contribution in [0.15, 0.2) is 48.7 Å². The van der Waals surface area contributed by atoms with Gasteiger partial charge in [0.05, 0.1) is 11.9 Å². The van der Waals surface area contributed by atoms with E-state index >= 15 is 0 Å². The van der Waals surface area contributed by atoms with Crippen molar-refractivity contribution < 1.29 is 4.79 Å². The fraction of sp³-hybridized carbons (Fsp3) is 0.333. The second-order valence-corrected chi connectivity index (χ2v) is 5.23. The highest BCUT2D eigenvalue weighted by atomic mass is 16.1. The van der Waals surface area contributed by atoms with E-state index < -0.39 is 0 Å². The van der Waals surface area contributed by atoms with E-state index in [1.165, 1.54) is 12.8 Å². The largest absolute Gasteiger partial charge is 0.384 e. The molecular formula is C18H23N3O. The van der Waals surface area contributed by atoms with Crippen molar-refractivity contribution in [2.45, 2.75) is 32.7 Å². The van der Waals surface area contributed by atoms with Crippen molar-refractivity contribution in [2.24, 2.45) is 0 Å². The molecule has 1 amide bonds. The zero-order valence-corrected chi connectivity index (χ0v) is 13.0. The van der Waals surface area contributed by atoms with Crippen LogP contribution in [0.3, 0.4) is 0 Å². The van der Waals surface area contributed by atoms with E-state index in [-0.39, 0.29) is 5.91 Å². The summed E-state index contributed by atoms with van der Waals surface area (Å²) in [7, 11) is 0. The first kappa shape index (κ1) is 16.0. The molecule has 0 aliphatic heterocycles. The highest BCUT2D eigenvalue weighted by Gasteiger charge is 2.06. The normalized spacial score (nSPS) is 10.2. The number of rotatable bonds is 8. The molecule has 116 valence electrons. The summed E-state index contributed by atoms with van der Waals surface area (Å²) in [5.41, 5.74) is 2.47. The fourth-order valence-electron chi connectivity index (χ4n) is 2.11. The lowest BCUT2D eigenvalue weighted by Gasteiger charge is -2.07. The average molecular weight is 297 g/mol. The molecule has 0 aliphatic carbocycles. The summed E-state index contributed by atoms with van der Waals surface area (Å²) in [6, 6.07) is 13.5. The van der Waals surface area contributed by atoms with E-state index in [1.807, 2.05) is 36.4 Å². The molecule has 0 fully saturated rings. The lowest BCUT2D eigenvalue weighted by Crippen LogP contribution is -2.23. The third-order valence-electron chi connectivity index (χ3n) is 3.40. The molecule has 4 nitrogen and oxygen atoms in total. The van der Waals surface area contributed by atoms with Crippen LogP contribution in [0.1, 0.15) is 42.2 Å². The van der Waals surface area contributed by atoms with Crippen molar-refractivity contribution in [1.82, 2.24) is 10.3 Å². The second kappa shape index (κ2) is 8.82. The first-order chi connectivity index (χ1) is 10.8. The maximum absolute atomic E-state index is 12.0. The maximum atomic E-state index is 12.0. The van der Waals surface area contributed by atoms with E-state index in [2.05, 4.69) is 22.5 Å². The molecule has 2 aromatic rings. The Morgan fingerprint density at radius 1 is 1.09 bits per heavy atom. The van der Waals surface area contributed by atoms with Gasteiger partial charge in [-0.3, -0.25) is 4.79 Å². The van der Waals surface area contributed by atoms with Crippen molar-refractivity contribution in [3.63, 3.8) is 0 Å². The van der Waals surface area contributed by atoms with Gasteiger partial charge in [0.15, 0.2) is 0 Å². The van der Waals surface area contributed by atoms with Gasteiger partial charge >= 0.3 is 0 Å². The molecule has 0 aliphatic rings. The van der Waals surface area contributed by atoms with Gasteiger partial charge in [-0.1, -0.05) is 50.1 Å². The number of carbonyl (C=O) groups is 1. The predicted molar refractivity (Wildman–Crippen MR) is 89.9 cm³/mol. The number of unbranched alkanes of at least 4 members (excludes halogenated alkanes) is 2. The van der Waals surface area contributed by atoms with Gasteiger partial charge in [-0.25, -0.2) is 4.98 Å². The summed E-state index contributed by atoms with van der Waals surface area (Å²) in [5, 5.41) is 6.18. The first-order valence-corrected chi connectivity index (χ1v) is 7.81. The van der Waals surface area contributed by atoms with Crippen LogP contribution in [-0.2, 0) is 6.54 Å². The predicted octanol–water partition coefficient (Wildman–Crippen LogP) is 3.61. The van der Waals surface area contributed by atoms with Crippen LogP contribution in [0, 0.1) is 0 Å². The minimum Gasteiger partial charge on any atom is -0.384 e. The zero-order valence-electron chi connectivity index (χ0n) is 13.0. The number of aromatic nitrogens is 1. The van der Waals surface area contributed by atoms with Crippen LogP contribution in [0.2, 0.25) is 0 Å². The lowest BCUT2D eigenvalue weighted by molar-refractivity contribution is 0.0946. The Hall–Kier alpha value is -2.36. The molecule has 0 radical (unpaired) electrons. The number of benzene rings is 1. The molecule has 2 rings (SSSR count). The molecule has 1 aromatic carbocycles. The molecule has 0 unspecified atom stereocenters. The molecule has 0 saturated carbocycles. The Bertz CT molecular complexity index is 567. The van der Waals surface area contributed by atoms with Gasteiger partial charge in [0.25, 0.3) is 5.91 Å². The number of amides is 1. The van der Waals surface area contributed by atoms with Gasteiger partial charge in [-0.15, -0.1) is 0 Å². The van der Waals surface area contributed by atoms with E-state index in [1.54, 1.807) is 12.3 Å². The minimum absolute atomic E-state index is 0.151. The molecule has 0 atom stereocenters. The number of nitrogens with zero attached hydrogens (tertiary/aromatic N) is 1. The Kier molecular flexibility index (Phi) is 6.42. The molecule has 1 heterocycles. The summed E-state index contributed by atoms with van der Waals surface area (Å²) in [5.74, 6) is -0.151. The van der Waals surface area contributed by atoms with Crippen molar-refractivity contribution in [3.8, 4) is 0 Å². The standard InChI is InChI=1S/C18H23N3O/c1-2-3-7-12-19-16-10-11-17(20-14-16)18(22)21-13-15-8-5-4-6-9-15/h4-6,8-11,14,19H,2-3,7,12-13H2,1H3,(H,21,22). The van der Waals surface area contributed by atoms with Crippen LogP contribution in [0.4, 0.5) is 5.69 Å². The SMILES string of the molecule is CCCCCNc1ccc(C(=O)NCc2ccccc2)nc1. The molecule has 1 aromatic heterocycles. The number of nitrogens with one attached hydrogen (secondary N) is 2. The van der Waals surface area contributed by atoms with Gasteiger partial charge in [0.2, 0.25) is 0 Å². The number of hydrogen-bond acceptors (Lipinski definition) is 3. The molecule has 0 saturated heterocycles. The van der Waals surface area contributed by atoms with Crippen molar-refractivity contribution in [1.29, 1.82) is 0 Å². The van der Waals surface area contributed by atoms with Crippen LogP contribution < -0.4 is 10.6 Å². The van der Waals surface area contributed by atoms with E-state index in [0.29, 0.717) is 12.2 Å². The molecule has 2 N–H and O–H groups in total. The molecule has 4 heteroatoms. The van der Waals surface area contributed by atoms with Crippen LogP contribution in [-0.4, -0.2) is 17.4 Å². The van der Waals surface area contributed by atoms with E-state index in [0.717, 1.165) is 24.2 Å². The Balaban J connectivity index is 1.80. The van der Waals surface area contributed by atoms with E-state index in [9.17, 15) is 4.79 Å². The molecule has 22 heavy (non-hydrogen) atoms. The van der Waals surface area contributed by atoms with Crippen molar-refractivity contribution >= 4 is 11.6 Å². The Labute approximate surface area is 132 Å². The topological polar surface area (TPSA) is 54.0 Å². The highest BCUT2D eigenvalue weighted by molar-refractivity contribution is 5.92. The van der Waals surface area contributed by atoms with Gasteiger partial charge in [-0.05, 0) is 24.1 Å². The summed E-state index contributed by atoms with van der Waals surface area (Å²) in [6.07, 6.45) is 5.29. The average Bonchev–Trinajstić information content (AvgIpc) is 2.58. The summed E-state index contributed by atoms with van der Waals surface area (Å²) in [6.45, 7) is 3.64. The lowest BCUT2D eigenvalue weighted by atomic mass is 10.2. The first-order valence-electron chi connectivity index (χ1n) is 7.81. The maximum Gasteiger partial charge on any atom is 0.270 e. The second-order valence-electron chi connectivity index (χ2n) is 5.23. The van der Waals surface area contributed by atoms with Gasteiger partial charge < -0.3 is 10.6 Å². The third kappa shape index (κ3) is 5.20. The van der Waals surface area contributed by atoms with Crippen LogP contribution >= 0.6 is 0 Å². The smallest absolute Gasteiger partial charge is 0.270 e. The van der Waals surface area contributed by atoms with Crippen LogP contribution in [0.25, 0.3) is 0 Å². The Morgan fingerprint density at radius 3 is 2.59 bits per heavy atom. The van der Waals surface area contributed by atoms with Crippen molar-refractivity contribution in [3.05, 3.63) is 59.9 Å². The Morgan fingerprint density at radius 2 is 1.91 bits per heavy atom. The quantitative estimate of drug-likeness (QED) is 0.732. The number of anilines is 1. The molecular weight excluding hydrogens is 274 g/mol. The monoisotopic (exact) mass is 297 g/mol. The number of carbonyl (C=O) groups excluding carboxylic acids is 1. The van der Waals surface area contributed by atoms with E-state index in [4.69, 9.17) is 0 Å². The zero-order chi connectivity index (χ0) is 15.6. The third-order valence-corrected chi connectivity index (χ3v) is 3.40. The minimum atomic E-state index is -0.151. The molecule has 0 bridgehead atoms.